The second kappa shape index (κ2) is 7.51. The molecule has 0 N–H and O–H groups in total. The van der Waals surface area contributed by atoms with E-state index in [9.17, 15) is 14.4 Å². The second-order valence-corrected chi connectivity index (χ2v) is 8.03. The van der Waals surface area contributed by atoms with Crippen LogP contribution >= 0.6 is 0 Å². The molecule has 2 heterocycles. The van der Waals surface area contributed by atoms with E-state index in [1.165, 1.54) is 0 Å². The molecule has 2 amide bonds. The molecule has 3 aliphatic rings. The molecule has 6 heteroatoms. The predicted molar refractivity (Wildman–Crippen MR) is 104 cm³/mol. The first-order valence-electron chi connectivity index (χ1n) is 9.94. The number of hydrogen-bond donors (Lipinski definition) is 0. The third-order valence-electron chi connectivity index (χ3n) is 6.23. The van der Waals surface area contributed by atoms with Crippen LogP contribution < -0.4 is 0 Å². The molecule has 0 radical (unpaired) electrons. The molecule has 6 nitrogen and oxygen atoms in total. The van der Waals surface area contributed by atoms with E-state index < -0.39 is 0 Å². The van der Waals surface area contributed by atoms with Crippen LogP contribution in [-0.2, 0) is 19.1 Å². The maximum absolute atomic E-state index is 12.9. The van der Waals surface area contributed by atoms with E-state index >= 15 is 0 Å². The van der Waals surface area contributed by atoms with Gasteiger partial charge in [0, 0.05) is 38.7 Å². The molecule has 1 aliphatic carbocycles. The van der Waals surface area contributed by atoms with Gasteiger partial charge in [-0.3, -0.25) is 14.4 Å². The largest absolute Gasteiger partial charge is 0.363 e. The number of ether oxygens (including phenoxy) is 1. The molecule has 2 saturated heterocycles. The summed E-state index contributed by atoms with van der Waals surface area (Å²) in [4.78, 5) is 40.5. The number of allylic oxidation sites excluding steroid dienone is 1. The van der Waals surface area contributed by atoms with Gasteiger partial charge < -0.3 is 14.5 Å². The average Bonchev–Trinajstić information content (AvgIpc) is 3.07. The highest BCUT2D eigenvalue weighted by Crippen LogP contribution is 2.35. The lowest BCUT2D eigenvalue weighted by Crippen LogP contribution is -2.58. The topological polar surface area (TPSA) is 66.9 Å². The van der Waals surface area contributed by atoms with E-state index in [0.29, 0.717) is 38.0 Å². The zero-order valence-electron chi connectivity index (χ0n) is 16.3. The number of morpholine rings is 1. The van der Waals surface area contributed by atoms with Crippen LogP contribution in [0.1, 0.15) is 37.7 Å². The van der Waals surface area contributed by atoms with Gasteiger partial charge in [-0.2, -0.15) is 0 Å². The molecule has 1 aromatic carbocycles. The SMILES string of the molecule is CN1CC2(CCN(C(=O)CC3=C(c4ccccc4)CCC3=O)CC2)OCC1=O. The van der Waals surface area contributed by atoms with Crippen LogP contribution in [0.3, 0.4) is 0 Å². The first-order chi connectivity index (χ1) is 13.5. The summed E-state index contributed by atoms with van der Waals surface area (Å²) in [7, 11) is 1.80. The molecule has 28 heavy (non-hydrogen) atoms. The highest BCUT2D eigenvalue weighted by atomic mass is 16.5. The van der Waals surface area contributed by atoms with Crippen LogP contribution in [-0.4, -0.2) is 66.3 Å². The van der Waals surface area contributed by atoms with Gasteiger partial charge in [0.2, 0.25) is 11.8 Å². The van der Waals surface area contributed by atoms with Crippen molar-refractivity contribution in [3.8, 4) is 0 Å². The van der Waals surface area contributed by atoms with Crippen LogP contribution in [0.5, 0.6) is 0 Å². The van der Waals surface area contributed by atoms with Gasteiger partial charge in [-0.1, -0.05) is 30.3 Å². The summed E-state index contributed by atoms with van der Waals surface area (Å²) in [5.41, 5.74) is 2.40. The summed E-state index contributed by atoms with van der Waals surface area (Å²) < 4.78 is 5.85. The monoisotopic (exact) mass is 382 g/mol. The van der Waals surface area contributed by atoms with Gasteiger partial charge in [-0.25, -0.2) is 0 Å². The lowest BCUT2D eigenvalue weighted by atomic mass is 9.89. The first-order valence-corrected chi connectivity index (χ1v) is 9.94. The van der Waals surface area contributed by atoms with Crippen molar-refractivity contribution in [2.45, 2.75) is 37.7 Å². The number of rotatable bonds is 3. The normalized spacial score (nSPS) is 22.3. The highest BCUT2D eigenvalue weighted by molar-refractivity contribution is 6.10. The van der Waals surface area contributed by atoms with E-state index in [1.807, 2.05) is 35.2 Å². The number of benzene rings is 1. The second-order valence-electron chi connectivity index (χ2n) is 8.03. The zero-order valence-corrected chi connectivity index (χ0v) is 16.3. The van der Waals surface area contributed by atoms with Crippen LogP contribution in [0, 0.1) is 0 Å². The Balaban J connectivity index is 1.42. The fourth-order valence-electron chi connectivity index (χ4n) is 4.49. The van der Waals surface area contributed by atoms with E-state index in [1.54, 1.807) is 11.9 Å². The average molecular weight is 382 g/mol. The summed E-state index contributed by atoms with van der Waals surface area (Å²) in [6.07, 6.45) is 2.81. The Hall–Kier alpha value is -2.47. The van der Waals surface area contributed by atoms with Crippen molar-refractivity contribution in [3.05, 3.63) is 41.5 Å². The minimum Gasteiger partial charge on any atom is -0.363 e. The Labute approximate surface area is 165 Å². The minimum atomic E-state index is -0.336. The number of carbonyl (C=O) groups excluding carboxylic acids is 3. The van der Waals surface area contributed by atoms with Crippen molar-refractivity contribution in [2.75, 3.05) is 33.3 Å². The van der Waals surface area contributed by atoms with Crippen molar-refractivity contribution >= 4 is 23.2 Å². The lowest BCUT2D eigenvalue weighted by Gasteiger charge is -2.46. The molecule has 4 rings (SSSR count). The molecule has 1 spiro atoms. The molecule has 1 aromatic rings. The van der Waals surface area contributed by atoms with Gasteiger partial charge in [0.15, 0.2) is 5.78 Å². The molecule has 0 aromatic heterocycles. The van der Waals surface area contributed by atoms with Gasteiger partial charge in [-0.15, -0.1) is 0 Å². The summed E-state index contributed by atoms with van der Waals surface area (Å²) in [6, 6.07) is 9.87. The molecule has 0 bridgehead atoms. The van der Waals surface area contributed by atoms with Crippen molar-refractivity contribution < 1.29 is 19.1 Å². The van der Waals surface area contributed by atoms with Crippen LogP contribution in [0.25, 0.3) is 5.57 Å². The van der Waals surface area contributed by atoms with Crippen molar-refractivity contribution in [2.24, 2.45) is 0 Å². The standard InChI is InChI=1S/C22H26N2O4/c1-23-15-22(28-14-21(23)27)9-11-24(12-10-22)20(26)13-18-17(7-8-19(18)25)16-5-3-2-4-6-16/h2-6H,7-15H2,1H3. The third-order valence-corrected chi connectivity index (χ3v) is 6.23. The molecule has 0 saturated carbocycles. The Bertz CT molecular complexity index is 822. The van der Waals surface area contributed by atoms with Gasteiger partial charge in [-0.05, 0) is 30.4 Å². The number of piperidine rings is 1. The number of likely N-dealkylation sites (tertiary alicyclic amines) is 1. The van der Waals surface area contributed by atoms with Gasteiger partial charge in [0.1, 0.15) is 6.61 Å². The van der Waals surface area contributed by atoms with E-state index in [-0.39, 0.29) is 36.2 Å². The number of hydrogen-bond acceptors (Lipinski definition) is 4. The fourth-order valence-corrected chi connectivity index (χ4v) is 4.49. The summed E-state index contributed by atoms with van der Waals surface area (Å²) >= 11 is 0. The van der Waals surface area contributed by atoms with Crippen LogP contribution in [0.2, 0.25) is 0 Å². The third kappa shape index (κ3) is 3.61. The zero-order chi connectivity index (χ0) is 19.7. The van der Waals surface area contributed by atoms with Gasteiger partial charge in [0.05, 0.1) is 12.0 Å². The van der Waals surface area contributed by atoms with E-state index in [4.69, 9.17) is 4.74 Å². The maximum atomic E-state index is 12.9. The van der Waals surface area contributed by atoms with Crippen molar-refractivity contribution in [1.82, 2.24) is 9.80 Å². The number of nitrogens with zero attached hydrogens (tertiary/aromatic N) is 2. The Kier molecular flexibility index (Phi) is 5.06. The lowest BCUT2D eigenvalue weighted by molar-refractivity contribution is -0.170. The summed E-state index contributed by atoms with van der Waals surface area (Å²) in [5, 5.41) is 0. The maximum Gasteiger partial charge on any atom is 0.248 e. The number of Topliss-reactive ketones (excluding diaryl/α,β-unsaturated/α-hetero) is 1. The van der Waals surface area contributed by atoms with E-state index in [0.717, 1.165) is 24.0 Å². The van der Waals surface area contributed by atoms with E-state index in [2.05, 4.69) is 0 Å². The van der Waals surface area contributed by atoms with Gasteiger partial charge in [0.25, 0.3) is 0 Å². The Morgan fingerprint density at radius 3 is 2.50 bits per heavy atom. The molecule has 0 atom stereocenters. The van der Waals surface area contributed by atoms with Crippen LogP contribution in [0.15, 0.2) is 35.9 Å². The number of amides is 2. The summed E-state index contributed by atoms with van der Waals surface area (Å²) in [5.74, 6) is 0.106. The van der Waals surface area contributed by atoms with Crippen LogP contribution in [0.4, 0.5) is 0 Å². The van der Waals surface area contributed by atoms with Gasteiger partial charge >= 0.3 is 0 Å². The fraction of sp³-hybridized carbons (Fsp3) is 0.500. The molecule has 0 unspecified atom stereocenters. The van der Waals surface area contributed by atoms with Crippen molar-refractivity contribution in [3.63, 3.8) is 0 Å². The highest BCUT2D eigenvalue weighted by Gasteiger charge is 2.42. The summed E-state index contributed by atoms with van der Waals surface area (Å²) in [6.45, 7) is 1.90. The number of carbonyl (C=O) groups is 3. The first kappa shape index (κ1) is 18.9. The quantitative estimate of drug-likeness (QED) is 0.802. The minimum absolute atomic E-state index is 0.00394. The van der Waals surface area contributed by atoms with Crippen molar-refractivity contribution in [1.29, 1.82) is 0 Å². The smallest absolute Gasteiger partial charge is 0.248 e. The number of likely N-dealkylation sites (N-methyl/N-ethyl adjacent to an activating group) is 1. The number of ketones is 1. The molecule has 2 fully saturated rings. The molecular formula is C22H26N2O4. The molecular weight excluding hydrogens is 356 g/mol. The predicted octanol–water partition coefficient (Wildman–Crippen LogP) is 2.04. The Morgan fingerprint density at radius 2 is 1.82 bits per heavy atom. The Morgan fingerprint density at radius 1 is 1.11 bits per heavy atom. The molecule has 2 aliphatic heterocycles. The molecule has 148 valence electrons.